The average molecular weight is 434 g/mol. The first-order chi connectivity index (χ1) is 15.6. The Kier molecular flexibility index (Phi) is 8.57. The molecule has 3 aromatic carbocycles. The summed E-state index contributed by atoms with van der Waals surface area (Å²) in [5.74, 6) is 0.806. The van der Waals surface area contributed by atoms with Gasteiger partial charge in [-0.05, 0) is 34.9 Å². The molecule has 6 nitrogen and oxygen atoms in total. The molecule has 0 saturated carbocycles. The normalized spacial score (nSPS) is 11.9. The molecule has 1 atom stereocenters. The van der Waals surface area contributed by atoms with Crippen molar-refractivity contribution in [2.24, 2.45) is 0 Å². The predicted molar refractivity (Wildman–Crippen MR) is 121 cm³/mol. The Morgan fingerprint density at radius 3 is 2.47 bits per heavy atom. The van der Waals surface area contributed by atoms with E-state index in [0.29, 0.717) is 11.5 Å². The van der Waals surface area contributed by atoms with E-state index in [1.807, 2.05) is 42.5 Å². The molecule has 1 aliphatic carbocycles. The number of rotatable bonds is 8. The summed E-state index contributed by atoms with van der Waals surface area (Å²) in [5, 5.41) is 17.7. The summed E-state index contributed by atoms with van der Waals surface area (Å²) in [7, 11) is 0. The molecule has 0 aliphatic heterocycles. The molecule has 0 heterocycles. The lowest BCUT2D eigenvalue weighted by atomic mass is 10.1. The Morgan fingerprint density at radius 1 is 1.00 bits per heavy atom. The predicted octanol–water partition coefficient (Wildman–Crippen LogP) is 3.74. The molecule has 0 aromatic heterocycles. The molecule has 0 fully saturated rings. The maximum absolute atomic E-state index is 11.3. The highest BCUT2D eigenvalue weighted by atomic mass is 16.6. The van der Waals surface area contributed by atoms with Crippen molar-refractivity contribution < 1.29 is 29.2 Å². The second-order valence-electron chi connectivity index (χ2n) is 6.93. The number of aliphatic hydroxyl groups excluding tert-OH is 2. The lowest BCUT2D eigenvalue weighted by Gasteiger charge is -2.12. The van der Waals surface area contributed by atoms with Crippen molar-refractivity contribution in [1.29, 1.82) is 0 Å². The van der Waals surface area contributed by atoms with Crippen molar-refractivity contribution in [1.82, 2.24) is 0 Å². The zero-order valence-corrected chi connectivity index (χ0v) is 17.6. The van der Waals surface area contributed by atoms with Gasteiger partial charge < -0.3 is 24.4 Å². The Balaban J connectivity index is 0.000000188. The highest BCUT2D eigenvalue weighted by Crippen LogP contribution is 2.40. The van der Waals surface area contributed by atoms with Crippen molar-refractivity contribution in [3.05, 3.63) is 96.6 Å². The number of esters is 1. The highest BCUT2D eigenvalue weighted by Gasteiger charge is 2.21. The highest BCUT2D eigenvalue weighted by molar-refractivity contribution is 5.85. The van der Waals surface area contributed by atoms with E-state index < -0.39 is 12.3 Å². The van der Waals surface area contributed by atoms with Gasteiger partial charge in [0.15, 0.2) is 0 Å². The van der Waals surface area contributed by atoms with Crippen LogP contribution < -0.4 is 9.47 Å². The monoisotopic (exact) mass is 434 g/mol. The van der Waals surface area contributed by atoms with E-state index in [0.717, 1.165) is 17.5 Å². The molecule has 6 heteroatoms. The summed E-state index contributed by atoms with van der Waals surface area (Å²) >= 11 is 0. The van der Waals surface area contributed by atoms with Crippen LogP contribution in [0.25, 0.3) is 11.1 Å². The van der Waals surface area contributed by atoms with E-state index in [4.69, 9.17) is 19.3 Å². The average Bonchev–Trinajstić information content (AvgIpc) is 3.20. The van der Waals surface area contributed by atoms with Gasteiger partial charge in [0, 0.05) is 18.1 Å². The maximum Gasteiger partial charge on any atom is 0.335 e. The van der Waals surface area contributed by atoms with Crippen LogP contribution in [0.5, 0.6) is 11.5 Å². The number of carbonyl (C=O) groups excluding carboxylic acids is 1. The molecule has 0 amide bonds. The quantitative estimate of drug-likeness (QED) is 0.144. The number of benzene rings is 3. The number of carbonyl (C=O) groups is 1. The number of ether oxygens (including phenoxy) is 3. The molecule has 166 valence electrons. The molecular formula is C26H26O6. The molecule has 2 N–H and O–H groups in total. The van der Waals surface area contributed by atoms with Gasteiger partial charge in [-0.2, -0.15) is 0 Å². The van der Waals surface area contributed by atoms with Gasteiger partial charge in [-0.1, -0.05) is 61.2 Å². The van der Waals surface area contributed by atoms with Crippen LogP contribution in [0.4, 0.5) is 0 Å². The van der Waals surface area contributed by atoms with Crippen LogP contribution in [0.1, 0.15) is 11.1 Å². The number of fused-ring (bicyclic) bond motifs is 3. The third-order valence-electron chi connectivity index (χ3n) is 4.70. The first kappa shape index (κ1) is 23.2. The van der Waals surface area contributed by atoms with Crippen LogP contribution in [0, 0.1) is 0 Å². The van der Waals surface area contributed by atoms with E-state index in [9.17, 15) is 9.90 Å². The lowest BCUT2D eigenvalue weighted by Crippen LogP contribution is -2.23. The molecule has 0 saturated heterocycles. The lowest BCUT2D eigenvalue weighted by molar-refractivity contribution is -0.129. The standard InChI is InChI=1S/C16H12O2.C10H14O4/c1-2-16(17)18-15-9-5-8-13-12-7-4-3-6-11(12)10-14(13)15;11-6-7-13-8-10(12)14-9-4-2-1-3-5-9/h2-9H,1,10H2;1-5,10-12H,6-8H2. The Labute approximate surface area is 187 Å². The Hall–Kier alpha value is -3.45. The van der Waals surface area contributed by atoms with Crippen molar-refractivity contribution in [3.8, 4) is 22.6 Å². The van der Waals surface area contributed by atoms with Crippen molar-refractivity contribution >= 4 is 5.97 Å². The first-order valence-corrected chi connectivity index (χ1v) is 10.2. The summed E-state index contributed by atoms with van der Waals surface area (Å²) < 4.78 is 15.3. The van der Waals surface area contributed by atoms with Gasteiger partial charge in [0.25, 0.3) is 0 Å². The van der Waals surface area contributed by atoms with Gasteiger partial charge in [0.1, 0.15) is 18.1 Å². The fourth-order valence-electron chi connectivity index (χ4n) is 3.31. The van der Waals surface area contributed by atoms with Crippen molar-refractivity contribution in [2.45, 2.75) is 12.7 Å². The maximum atomic E-state index is 11.3. The van der Waals surface area contributed by atoms with E-state index in [-0.39, 0.29) is 19.8 Å². The van der Waals surface area contributed by atoms with Crippen LogP contribution in [-0.2, 0) is 16.0 Å². The molecule has 0 bridgehead atoms. The van der Waals surface area contributed by atoms with Crippen LogP contribution >= 0.6 is 0 Å². The van der Waals surface area contributed by atoms with Crippen molar-refractivity contribution in [2.75, 3.05) is 19.8 Å². The third-order valence-corrected chi connectivity index (χ3v) is 4.70. The smallest absolute Gasteiger partial charge is 0.335 e. The molecule has 0 radical (unpaired) electrons. The summed E-state index contributed by atoms with van der Waals surface area (Å²) in [6, 6.07) is 23.0. The second kappa shape index (κ2) is 11.8. The molecular weight excluding hydrogens is 408 g/mol. The molecule has 32 heavy (non-hydrogen) atoms. The fraction of sp³-hybridized carbons (Fsp3) is 0.192. The molecule has 1 unspecified atom stereocenters. The molecule has 1 aliphatic rings. The first-order valence-electron chi connectivity index (χ1n) is 10.2. The minimum absolute atomic E-state index is 0.0510. The van der Waals surface area contributed by atoms with Gasteiger partial charge in [0.05, 0.1) is 13.2 Å². The van der Waals surface area contributed by atoms with E-state index >= 15 is 0 Å². The molecule has 3 aromatic rings. The van der Waals surface area contributed by atoms with Crippen molar-refractivity contribution in [3.63, 3.8) is 0 Å². The Morgan fingerprint density at radius 2 is 1.72 bits per heavy atom. The number of hydrogen-bond acceptors (Lipinski definition) is 6. The number of aliphatic hydroxyl groups is 2. The minimum Gasteiger partial charge on any atom is -0.463 e. The summed E-state index contributed by atoms with van der Waals surface area (Å²) in [5.41, 5.74) is 4.73. The largest absolute Gasteiger partial charge is 0.463 e. The number of hydrogen-bond donors (Lipinski definition) is 2. The van der Waals surface area contributed by atoms with E-state index in [1.54, 1.807) is 12.1 Å². The summed E-state index contributed by atoms with van der Waals surface area (Å²) in [6.45, 7) is 3.61. The van der Waals surface area contributed by atoms with Gasteiger partial charge >= 0.3 is 5.97 Å². The summed E-state index contributed by atoms with van der Waals surface area (Å²) in [6.07, 6.45) is 0.997. The molecule has 4 rings (SSSR count). The van der Waals surface area contributed by atoms with Gasteiger partial charge in [0.2, 0.25) is 6.29 Å². The van der Waals surface area contributed by atoms with Crippen LogP contribution in [0.2, 0.25) is 0 Å². The zero-order chi connectivity index (χ0) is 22.8. The third kappa shape index (κ3) is 6.28. The number of para-hydroxylation sites is 1. The summed E-state index contributed by atoms with van der Waals surface area (Å²) in [4.78, 5) is 11.3. The van der Waals surface area contributed by atoms with E-state index in [1.165, 1.54) is 17.2 Å². The van der Waals surface area contributed by atoms with Gasteiger partial charge in [-0.15, -0.1) is 0 Å². The van der Waals surface area contributed by atoms with Crippen LogP contribution in [-0.4, -0.2) is 42.3 Å². The Bertz CT molecular complexity index is 1030. The van der Waals surface area contributed by atoms with Gasteiger partial charge in [-0.3, -0.25) is 0 Å². The topological polar surface area (TPSA) is 85.2 Å². The van der Waals surface area contributed by atoms with Crippen LogP contribution in [0.3, 0.4) is 0 Å². The second-order valence-corrected chi connectivity index (χ2v) is 6.93. The minimum atomic E-state index is -0.996. The van der Waals surface area contributed by atoms with Crippen LogP contribution in [0.15, 0.2) is 85.5 Å². The van der Waals surface area contributed by atoms with E-state index in [2.05, 4.69) is 24.8 Å². The molecule has 0 spiro atoms. The fourth-order valence-corrected chi connectivity index (χ4v) is 3.31. The SMILES string of the molecule is C=CC(=O)Oc1cccc2c1Cc1ccccc1-2.OCCOCC(O)Oc1ccccc1. The zero-order valence-electron chi connectivity index (χ0n) is 17.6. The van der Waals surface area contributed by atoms with Gasteiger partial charge in [-0.25, -0.2) is 4.79 Å².